The van der Waals surface area contributed by atoms with Crippen LogP contribution in [0.3, 0.4) is 0 Å². The van der Waals surface area contributed by atoms with Crippen molar-refractivity contribution in [3.8, 4) is 0 Å². The van der Waals surface area contributed by atoms with Crippen LogP contribution in [0.25, 0.3) is 5.65 Å². The number of halogens is 1. The smallest absolute Gasteiger partial charge is 0.274 e. The highest BCUT2D eigenvalue weighted by atomic mass is 35.5. The Hall–Kier alpha value is -1.99. The van der Waals surface area contributed by atoms with Gasteiger partial charge in [-0.3, -0.25) is 9.00 Å². The van der Waals surface area contributed by atoms with Crippen LogP contribution in [0, 0.1) is 6.92 Å². The maximum absolute atomic E-state index is 12.2. The lowest BCUT2D eigenvalue weighted by atomic mass is 10.2. The number of aromatic nitrogens is 4. The minimum Gasteiger partial charge on any atom is -0.325 e. The number of rotatable bonds is 2. The van der Waals surface area contributed by atoms with Gasteiger partial charge in [-0.05, 0) is 18.6 Å². The molecule has 0 fully saturated rings. The Morgan fingerprint density at radius 1 is 1.35 bits per heavy atom. The van der Waals surface area contributed by atoms with Gasteiger partial charge in [0.25, 0.3) is 5.56 Å². The van der Waals surface area contributed by atoms with E-state index < -0.39 is 10.8 Å². The van der Waals surface area contributed by atoms with E-state index in [-0.39, 0.29) is 5.56 Å². The first-order chi connectivity index (χ1) is 11.0. The van der Waals surface area contributed by atoms with Gasteiger partial charge >= 0.3 is 0 Å². The summed E-state index contributed by atoms with van der Waals surface area (Å²) in [7, 11) is -0.936. The van der Waals surface area contributed by atoms with Gasteiger partial charge in [-0.15, -0.1) is 0 Å². The van der Waals surface area contributed by atoms with Gasteiger partial charge in [0.15, 0.2) is 0 Å². The highest BCUT2D eigenvalue weighted by molar-refractivity contribution is 7.83. The number of hydrogen-bond acceptors (Lipinski definition) is 4. The Morgan fingerprint density at radius 3 is 2.91 bits per heavy atom. The van der Waals surface area contributed by atoms with Crippen molar-refractivity contribution in [2.75, 3.05) is 0 Å². The van der Waals surface area contributed by atoms with Crippen molar-refractivity contribution in [3.63, 3.8) is 0 Å². The van der Waals surface area contributed by atoms with Crippen LogP contribution < -0.4 is 5.56 Å². The van der Waals surface area contributed by atoms with E-state index >= 15 is 0 Å². The molecule has 0 spiro atoms. The molecule has 4 rings (SSSR count). The Bertz CT molecular complexity index is 1010. The third-order valence-electron chi connectivity index (χ3n) is 3.99. The molecule has 0 radical (unpaired) electrons. The van der Waals surface area contributed by atoms with Crippen LogP contribution >= 0.6 is 11.6 Å². The summed E-state index contributed by atoms with van der Waals surface area (Å²) < 4.78 is 15.3. The molecule has 0 aliphatic carbocycles. The first-order valence-corrected chi connectivity index (χ1v) is 8.96. The molecule has 0 N–H and O–H groups in total. The first kappa shape index (κ1) is 14.6. The van der Waals surface area contributed by atoms with E-state index in [0.717, 1.165) is 28.2 Å². The van der Waals surface area contributed by atoms with Gasteiger partial charge in [-0.25, -0.2) is 4.98 Å². The van der Waals surface area contributed by atoms with Crippen molar-refractivity contribution in [2.24, 2.45) is 0 Å². The van der Waals surface area contributed by atoms with E-state index in [1.807, 2.05) is 17.6 Å². The predicted molar refractivity (Wildman–Crippen MR) is 88.1 cm³/mol. The van der Waals surface area contributed by atoms with Crippen LogP contribution in [-0.2, 0) is 28.9 Å². The molecule has 4 heterocycles. The zero-order chi connectivity index (χ0) is 16.1. The predicted octanol–water partition coefficient (Wildman–Crippen LogP) is 1.66. The summed E-state index contributed by atoms with van der Waals surface area (Å²) >= 11 is 5.83. The molecule has 6 nitrogen and oxygen atoms in total. The Morgan fingerprint density at radius 2 is 2.17 bits per heavy atom. The van der Waals surface area contributed by atoms with E-state index in [0.29, 0.717) is 23.2 Å². The second-order valence-electron chi connectivity index (χ2n) is 5.59. The second kappa shape index (κ2) is 5.28. The molecule has 1 atom stereocenters. The molecular formula is C15H13ClN4O2S. The van der Waals surface area contributed by atoms with Gasteiger partial charge in [0, 0.05) is 34.3 Å². The Kier molecular flexibility index (Phi) is 3.35. The van der Waals surface area contributed by atoms with E-state index in [4.69, 9.17) is 11.6 Å². The Labute approximate surface area is 139 Å². The minimum absolute atomic E-state index is 0.164. The molecule has 1 aliphatic rings. The van der Waals surface area contributed by atoms with Gasteiger partial charge < -0.3 is 4.57 Å². The summed E-state index contributed by atoms with van der Waals surface area (Å²) in [4.78, 5) is 16.3. The van der Waals surface area contributed by atoms with Crippen LogP contribution in [0.2, 0.25) is 5.15 Å². The van der Waals surface area contributed by atoms with Crippen LogP contribution in [-0.4, -0.2) is 23.4 Å². The van der Waals surface area contributed by atoms with Gasteiger partial charge in [-0.1, -0.05) is 17.7 Å². The van der Waals surface area contributed by atoms with Gasteiger partial charge in [-0.2, -0.15) is 9.61 Å². The largest absolute Gasteiger partial charge is 0.325 e. The fourth-order valence-electron chi connectivity index (χ4n) is 2.91. The SMILES string of the molecule is Cc1cc(=O)n2nc3c(c2n1Cc1ccc(Cl)nc1)CS(=O)C3. The molecule has 0 amide bonds. The monoisotopic (exact) mass is 348 g/mol. The molecule has 3 aromatic rings. The topological polar surface area (TPSA) is 69.3 Å². The quantitative estimate of drug-likeness (QED) is 0.660. The maximum Gasteiger partial charge on any atom is 0.274 e. The van der Waals surface area contributed by atoms with E-state index in [1.165, 1.54) is 4.52 Å². The number of pyridine rings is 1. The summed E-state index contributed by atoms with van der Waals surface area (Å²) in [5.41, 5.74) is 4.03. The summed E-state index contributed by atoms with van der Waals surface area (Å²) in [5.74, 6) is 0.860. The van der Waals surface area contributed by atoms with Crippen molar-refractivity contribution >= 4 is 28.0 Å². The summed E-state index contributed by atoms with van der Waals surface area (Å²) in [6, 6.07) is 5.20. The first-order valence-electron chi connectivity index (χ1n) is 7.09. The van der Waals surface area contributed by atoms with E-state index in [1.54, 1.807) is 18.3 Å². The minimum atomic E-state index is -0.936. The number of nitrogens with zero attached hydrogens (tertiary/aromatic N) is 4. The Balaban J connectivity index is 1.93. The third kappa shape index (κ3) is 2.40. The molecule has 3 aromatic heterocycles. The second-order valence-corrected chi connectivity index (χ2v) is 7.43. The van der Waals surface area contributed by atoms with Gasteiger partial charge in [0.2, 0.25) is 0 Å². The third-order valence-corrected chi connectivity index (χ3v) is 5.42. The summed E-state index contributed by atoms with van der Waals surface area (Å²) in [6.07, 6.45) is 1.71. The standard InChI is InChI=1S/C15H13ClN4O2S/c1-9-4-14(21)20-15(11-7-23(22)8-12(11)18-20)19(9)6-10-2-3-13(16)17-5-10/h2-5H,6-8H2,1H3. The van der Waals surface area contributed by atoms with Crippen molar-refractivity contribution in [2.45, 2.75) is 25.0 Å². The molecule has 1 aliphatic heterocycles. The summed E-state index contributed by atoms with van der Waals surface area (Å²) in [5, 5.41) is 4.80. The van der Waals surface area contributed by atoms with Crippen molar-refractivity contribution in [1.82, 2.24) is 19.2 Å². The van der Waals surface area contributed by atoms with Crippen LogP contribution in [0.5, 0.6) is 0 Å². The van der Waals surface area contributed by atoms with Crippen LogP contribution in [0.15, 0.2) is 29.2 Å². The zero-order valence-electron chi connectivity index (χ0n) is 12.3. The maximum atomic E-state index is 12.2. The van der Waals surface area contributed by atoms with E-state index in [2.05, 4.69) is 10.1 Å². The molecular weight excluding hydrogens is 336 g/mol. The highest BCUT2D eigenvalue weighted by Crippen LogP contribution is 2.26. The number of aryl methyl sites for hydroxylation is 1. The molecule has 0 aromatic carbocycles. The molecule has 0 saturated carbocycles. The van der Waals surface area contributed by atoms with Crippen LogP contribution in [0.1, 0.15) is 22.5 Å². The molecule has 0 saturated heterocycles. The van der Waals surface area contributed by atoms with Crippen molar-refractivity contribution < 1.29 is 4.21 Å². The highest BCUT2D eigenvalue weighted by Gasteiger charge is 2.26. The van der Waals surface area contributed by atoms with Crippen molar-refractivity contribution in [1.29, 1.82) is 0 Å². The lowest BCUT2D eigenvalue weighted by Crippen LogP contribution is -2.21. The fraction of sp³-hybridized carbons (Fsp3) is 0.267. The average molecular weight is 349 g/mol. The fourth-order valence-corrected chi connectivity index (χ4v) is 4.28. The molecule has 118 valence electrons. The lowest BCUT2D eigenvalue weighted by Gasteiger charge is -2.13. The molecule has 23 heavy (non-hydrogen) atoms. The molecule has 8 heteroatoms. The zero-order valence-corrected chi connectivity index (χ0v) is 13.9. The van der Waals surface area contributed by atoms with E-state index in [9.17, 15) is 9.00 Å². The van der Waals surface area contributed by atoms with Gasteiger partial charge in [0.1, 0.15) is 10.8 Å². The van der Waals surface area contributed by atoms with Crippen LogP contribution in [0.4, 0.5) is 0 Å². The molecule has 0 bridgehead atoms. The number of fused-ring (bicyclic) bond motifs is 3. The van der Waals surface area contributed by atoms with Crippen molar-refractivity contribution in [3.05, 3.63) is 62.4 Å². The average Bonchev–Trinajstić information content (AvgIpc) is 3.02. The lowest BCUT2D eigenvalue weighted by molar-refractivity contribution is 0.682. The normalized spacial score (nSPS) is 16.9. The van der Waals surface area contributed by atoms with Gasteiger partial charge in [0.05, 0.1) is 23.7 Å². The molecule has 1 unspecified atom stereocenters. The summed E-state index contributed by atoms with van der Waals surface area (Å²) in [6.45, 7) is 2.43. The number of hydrogen-bond donors (Lipinski definition) is 0.